The quantitative estimate of drug-likeness (QED) is 0.446. The molecule has 1 atom stereocenters. The molecule has 4 aromatic rings. The number of aromatic nitrogens is 2. The van der Waals surface area contributed by atoms with Crippen molar-refractivity contribution in [1.82, 2.24) is 14.5 Å². The largest absolute Gasteiger partial charge is 0.320 e. The zero-order valence-corrected chi connectivity index (χ0v) is 19.6. The molecule has 1 aromatic heterocycles. The highest BCUT2D eigenvalue weighted by Gasteiger charge is 2.38. The Kier molecular flexibility index (Phi) is 5.69. The third-order valence-electron chi connectivity index (χ3n) is 5.76. The molecule has 33 heavy (non-hydrogen) atoms. The van der Waals surface area contributed by atoms with E-state index >= 15 is 0 Å². The lowest BCUT2D eigenvalue weighted by Gasteiger charge is -2.22. The summed E-state index contributed by atoms with van der Waals surface area (Å²) < 4.78 is 28.4. The zero-order chi connectivity index (χ0) is 23.0. The highest BCUT2D eigenvalue weighted by molar-refractivity contribution is 7.89. The number of rotatable bonds is 5. The van der Waals surface area contributed by atoms with Crippen LogP contribution in [-0.2, 0) is 10.0 Å². The van der Waals surface area contributed by atoms with Crippen LogP contribution in [0.15, 0.2) is 71.6 Å². The fourth-order valence-corrected chi connectivity index (χ4v) is 6.67. The minimum Gasteiger partial charge on any atom is -0.320 e. The van der Waals surface area contributed by atoms with E-state index in [1.165, 1.54) is 4.31 Å². The molecule has 168 valence electrons. The van der Waals surface area contributed by atoms with Crippen LogP contribution in [0.1, 0.15) is 39.3 Å². The van der Waals surface area contributed by atoms with Crippen molar-refractivity contribution in [1.29, 1.82) is 0 Å². The minimum atomic E-state index is -3.72. The van der Waals surface area contributed by atoms with Crippen LogP contribution in [-0.4, -0.2) is 35.4 Å². The Morgan fingerprint density at radius 1 is 1.03 bits per heavy atom. The van der Waals surface area contributed by atoms with E-state index in [0.29, 0.717) is 23.7 Å². The van der Waals surface area contributed by atoms with Gasteiger partial charge in [0.15, 0.2) is 0 Å². The van der Waals surface area contributed by atoms with Crippen LogP contribution in [0.5, 0.6) is 0 Å². The highest BCUT2D eigenvalue weighted by Crippen LogP contribution is 2.38. The first-order valence-electron chi connectivity index (χ1n) is 10.6. The van der Waals surface area contributed by atoms with E-state index in [0.717, 1.165) is 34.1 Å². The summed E-state index contributed by atoms with van der Waals surface area (Å²) in [6.07, 6.45) is 1.36. The molecule has 1 unspecified atom stereocenters. The standard InChI is InChI=1S/C24H22N4O3S2/c1-16-8-11-19(12-9-16)25-22(29)24-27-26-23(32-24)21-7-4-14-28(21)33(30,31)20-13-10-17-5-2-3-6-18(17)15-20/h2-3,5-6,8-13,15,21H,4,7,14H2,1H3,(H,25,29). The van der Waals surface area contributed by atoms with Gasteiger partial charge >= 0.3 is 0 Å². The maximum Gasteiger partial charge on any atom is 0.286 e. The Labute approximate surface area is 196 Å². The summed E-state index contributed by atoms with van der Waals surface area (Å²) in [5, 5.41) is 13.6. The van der Waals surface area contributed by atoms with E-state index in [-0.39, 0.29) is 15.8 Å². The van der Waals surface area contributed by atoms with Crippen LogP contribution in [0.3, 0.4) is 0 Å². The number of amides is 1. The van der Waals surface area contributed by atoms with Crippen molar-refractivity contribution in [2.24, 2.45) is 0 Å². The summed E-state index contributed by atoms with van der Waals surface area (Å²) in [4.78, 5) is 12.9. The summed E-state index contributed by atoms with van der Waals surface area (Å²) in [6.45, 7) is 2.38. The lowest BCUT2D eigenvalue weighted by atomic mass is 10.1. The van der Waals surface area contributed by atoms with Crippen LogP contribution < -0.4 is 5.32 Å². The number of carbonyl (C=O) groups excluding carboxylic acids is 1. The number of aryl methyl sites for hydroxylation is 1. The van der Waals surface area contributed by atoms with Crippen molar-refractivity contribution in [3.8, 4) is 0 Å². The fraction of sp³-hybridized carbons (Fsp3) is 0.208. The number of hydrogen-bond donors (Lipinski definition) is 1. The van der Waals surface area contributed by atoms with E-state index < -0.39 is 16.1 Å². The molecule has 1 fully saturated rings. The molecule has 0 spiro atoms. The summed E-state index contributed by atoms with van der Waals surface area (Å²) in [5.74, 6) is -0.357. The average molecular weight is 479 g/mol. The number of sulfonamides is 1. The van der Waals surface area contributed by atoms with Gasteiger partial charge in [0.2, 0.25) is 15.0 Å². The van der Waals surface area contributed by atoms with Gasteiger partial charge in [0.25, 0.3) is 5.91 Å². The first-order chi connectivity index (χ1) is 15.9. The molecule has 1 saturated heterocycles. The third-order valence-corrected chi connectivity index (χ3v) is 8.69. The van der Waals surface area contributed by atoms with Crippen molar-refractivity contribution < 1.29 is 13.2 Å². The van der Waals surface area contributed by atoms with Gasteiger partial charge in [-0.2, -0.15) is 4.31 Å². The van der Waals surface area contributed by atoms with Gasteiger partial charge in [0, 0.05) is 12.2 Å². The van der Waals surface area contributed by atoms with E-state index in [1.807, 2.05) is 61.5 Å². The molecule has 5 rings (SSSR count). The topological polar surface area (TPSA) is 92.3 Å². The number of anilines is 1. The molecule has 0 saturated carbocycles. The van der Waals surface area contributed by atoms with Crippen LogP contribution in [0.4, 0.5) is 5.69 Å². The predicted octanol–water partition coefficient (Wildman–Crippen LogP) is 4.78. The second-order valence-electron chi connectivity index (χ2n) is 8.05. The van der Waals surface area contributed by atoms with Gasteiger partial charge in [0.05, 0.1) is 10.9 Å². The van der Waals surface area contributed by atoms with Crippen LogP contribution in [0.25, 0.3) is 10.8 Å². The van der Waals surface area contributed by atoms with Crippen molar-refractivity contribution in [3.63, 3.8) is 0 Å². The van der Waals surface area contributed by atoms with Crippen LogP contribution >= 0.6 is 11.3 Å². The Morgan fingerprint density at radius 2 is 1.79 bits per heavy atom. The molecule has 1 N–H and O–H groups in total. The van der Waals surface area contributed by atoms with Gasteiger partial charge in [0.1, 0.15) is 5.01 Å². The predicted molar refractivity (Wildman–Crippen MR) is 129 cm³/mol. The van der Waals surface area contributed by atoms with Gasteiger partial charge in [-0.25, -0.2) is 8.42 Å². The molecule has 0 bridgehead atoms. The maximum atomic E-state index is 13.5. The summed E-state index contributed by atoms with van der Waals surface area (Å²) in [7, 11) is -3.72. The molecule has 0 aliphatic carbocycles. The number of nitrogens with one attached hydrogen (secondary N) is 1. The summed E-state index contributed by atoms with van der Waals surface area (Å²) in [5.41, 5.74) is 1.77. The fourth-order valence-electron chi connectivity index (χ4n) is 4.02. The van der Waals surface area contributed by atoms with E-state index in [2.05, 4.69) is 15.5 Å². The summed E-state index contributed by atoms with van der Waals surface area (Å²) >= 11 is 1.14. The van der Waals surface area contributed by atoms with Crippen molar-refractivity contribution in [3.05, 3.63) is 82.3 Å². The minimum absolute atomic E-state index is 0.209. The zero-order valence-electron chi connectivity index (χ0n) is 17.9. The molecular formula is C24H22N4O3S2. The number of nitrogens with zero attached hydrogens (tertiary/aromatic N) is 3. The smallest absolute Gasteiger partial charge is 0.286 e. The third kappa shape index (κ3) is 4.27. The van der Waals surface area contributed by atoms with E-state index in [1.54, 1.807) is 12.1 Å². The molecule has 9 heteroatoms. The molecule has 1 amide bonds. The van der Waals surface area contributed by atoms with E-state index in [4.69, 9.17) is 0 Å². The molecule has 3 aromatic carbocycles. The molecule has 1 aliphatic rings. The van der Waals surface area contributed by atoms with Gasteiger partial charge in [-0.3, -0.25) is 4.79 Å². The Balaban J connectivity index is 1.38. The van der Waals surface area contributed by atoms with Gasteiger partial charge in [-0.1, -0.05) is 59.4 Å². The summed E-state index contributed by atoms with van der Waals surface area (Å²) in [6, 6.07) is 19.9. The van der Waals surface area contributed by atoms with Gasteiger partial charge in [-0.15, -0.1) is 10.2 Å². The van der Waals surface area contributed by atoms with Crippen molar-refractivity contribution in [2.75, 3.05) is 11.9 Å². The molecular weight excluding hydrogens is 456 g/mol. The Hall–Kier alpha value is -3.14. The lowest BCUT2D eigenvalue weighted by Crippen LogP contribution is -2.30. The van der Waals surface area contributed by atoms with Crippen molar-refractivity contribution >= 4 is 43.7 Å². The SMILES string of the molecule is Cc1ccc(NC(=O)c2nnc(C3CCCN3S(=O)(=O)c3ccc4ccccc4c3)s2)cc1. The van der Waals surface area contributed by atoms with Crippen molar-refractivity contribution in [2.45, 2.75) is 30.7 Å². The average Bonchev–Trinajstić information content (AvgIpc) is 3.50. The maximum absolute atomic E-state index is 13.5. The number of hydrogen-bond acceptors (Lipinski definition) is 6. The van der Waals surface area contributed by atoms with Gasteiger partial charge in [-0.05, 0) is 54.8 Å². The number of fused-ring (bicyclic) bond motifs is 1. The van der Waals surface area contributed by atoms with E-state index in [9.17, 15) is 13.2 Å². The monoisotopic (exact) mass is 478 g/mol. The second-order valence-corrected chi connectivity index (χ2v) is 10.9. The Bertz CT molecular complexity index is 1430. The number of carbonyl (C=O) groups is 1. The number of benzene rings is 3. The first-order valence-corrected chi connectivity index (χ1v) is 12.9. The Morgan fingerprint density at radius 3 is 2.58 bits per heavy atom. The second kappa shape index (κ2) is 8.66. The van der Waals surface area contributed by atoms with Gasteiger partial charge < -0.3 is 5.32 Å². The highest BCUT2D eigenvalue weighted by atomic mass is 32.2. The molecule has 0 radical (unpaired) electrons. The molecule has 7 nitrogen and oxygen atoms in total. The normalized spacial score (nSPS) is 16.8. The lowest BCUT2D eigenvalue weighted by molar-refractivity contribution is 0.102. The van der Waals surface area contributed by atoms with Crippen LogP contribution in [0, 0.1) is 6.92 Å². The molecule has 1 aliphatic heterocycles. The molecule has 2 heterocycles. The first kappa shape index (κ1) is 21.7. The van der Waals surface area contributed by atoms with Crippen LogP contribution in [0.2, 0.25) is 0 Å².